The van der Waals surface area contributed by atoms with Gasteiger partial charge in [0.2, 0.25) is 5.91 Å². The first-order valence-corrected chi connectivity index (χ1v) is 8.87. The first kappa shape index (κ1) is 14.2. The van der Waals surface area contributed by atoms with Gasteiger partial charge >= 0.3 is 0 Å². The fourth-order valence-corrected chi connectivity index (χ4v) is 4.39. The van der Waals surface area contributed by atoms with Gasteiger partial charge in [0.25, 0.3) is 10.0 Å². The number of sulfonamides is 1. The van der Waals surface area contributed by atoms with Gasteiger partial charge in [-0.15, -0.1) is 11.3 Å². The maximum Gasteiger partial charge on any atom is 0.281 e. The third-order valence-electron chi connectivity index (χ3n) is 3.51. The molecule has 2 aromatic rings. The van der Waals surface area contributed by atoms with Crippen molar-refractivity contribution in [1.82, 2.24) is 9.71 Å². The first-order chi connectivity index (χ1) is 9.99. The second-order valence-corrected chi connectivity index (χ2v) is 7.63. The molecule has 1 N–H and O–H groups in total. The first-order valence-electron chi connectivity index (χ1n) is 6.51. The van der Waals surface area contributed by atoms with Gasteiger partial charge in [-0.2, -0.15) is 8.42 Å². The third-order valence-corrected chi connectivity index (χ3v) is 5.93. The molecule has 21 heavy (non-hydrogen) atoms. The molecule has 2 aromatic heterocycles. The minimum atomic E-state index is -3.87. The maximum absolute atomic E-state index is 12.1. The minimum absolute atomic E-state index is 0.136. The molecular formula is C14H14N2O3S2. The van der Waals surface area contributed by atoms with Crippen LogP contribution in [0.1, 0.15) is 22.8 Å². The zero-order valence-corrected chi connectivity index (χ0v) is 12.9. The van der Waals surface area contributed by atoms with Crippen molar-refractivity contribution in [2.45, 2.75) is 24.3 Å². The van der Waals surface area contributed by atoms with E-state index in [1.165, 1.54) is 17.1 Å². The number of rotatable bonds is 4. The lowest BCUT2D eigenvalue weighted by Gasteiger charge is -2.05. The maximum atomic E-state index is 12.1. The lowest BCUT2D eigenvalue weighted by Crippen LogP contribution is -2.32. The molecule has 0 saturated heterocycles. The Bertz CT molecular complexity index is 769. The Kier molecular flexibility index (Phi) is 3.54. The highest BCUT2D eigenvalue weighted by Gasteiger charge is 2.46. The van der Waals surface area contributed by atoms with Crippen LogP contribution in [0.3, 0.4) is 0 Å². The molecule has 0 aromatic carbocycles. The summed E-state index contributed by atoms with van der Waals surface area (Å²) in [6, 6.07) is 6.57. The number of carbonyl (C=O) groups is 1. The molecule has 7 heteroatoms. The number of aryl methyl sites for hydroxylation is 1. The summed E-state index contributed by atoms with van der Waals surface area (Å²) in [5.74, 6) is -0.566. The summed E-state index contributed by atoms with van der Waals surface area (Å²) in [6.07, 6.45) is 2.08. The van der Waals surface area contributed by atoms with Crippen molar-refractivity contribution in [3.05, 3.63) is 46.3 Å². The quantitative estimate of drug-likeness (QED) is 0.935. The second kappa shape index (κ2) is 5.23. The SMILES string of the molecule is Cc1ccsc1[C@H]1C[C@H]1C(=O)NS(=O)(=O)c1ccccn1. The van der Waals surface area contributed by atoms with E-state index in [2.05, 4.69) is 9.71 Å². The average Bonchev–Trinajstić information content (AvgIpc) is 3.15. The summed E-state index contributed by atoms with van der Waals surface area (Å²) in [5, 5.41) is 1.85. The van der Waals surface area contributed by atoms with Crippen LogP contribution in [0, 0.1) is 12.8 Å². The summed E-state index contributed by atoms with van der Waals surface area (Å²) in [5.41, 5.74) is 1.16. The van der Waals surface area contributed by atoms with Crippen LogP contribution in [0.25, 0.3) is 0 Å². The van der Waals surface area contributed by atoms with Crippen LogP contribution in [-0.4, -0.2) is 19.3 Å². The van der Waals surface area contributed by atoms with Gasteiger partial charge in [-0.25, -0.2) is 9.71 Å². The highest BCUT2D eigenvalue weighted by atomic mass is 32.2. The lowest BCUT2D eigenvalue weighted by molar-refractivity contribution is -0.120. The smallest absolute Gasteiger partial charge is 0.274 e. The van der Waals surface area contributed by atoms with E-state index in [4.69, 9.17) is 0 Å². The largest absolute Gasteiger partial charge is 0.281 e. The number of pyridine rings is 1. The average molecular weight is 322 g/mol. The predicted octanol–water partition coefficient (Wildman–Crippen LogP) is 2.06. The predicted molar refractivity (Wildman–Crippen MR) is 79.5 cm³/mol. The Hall–Kier alpha value is -1.73. The number of nitrogens with one attached hydrogen (secondary N) is 1. The van der Waals surface area contributed by atoms with E-state index in [9.17, 15) is 13.2 Å². The van der Waals surface area contributed by atoms with Gasteiger partial charge in [-0.3, -0.25) is 4.79 Å². The van der Waals surface area contributed by atoms with E-state index in [1.54, 1.807) is 23.5 Å². The van der Waals surface area contributed by atoms with Crippen LogP contribution in [0.5, 0.6) is 0 Å². The van der Waals surface area contributed by atoms with Crippen molar-refractivity contribution in [3.8, 4) is 0 Å². The standard InChI is InChI=1S/C14H14N2O3S2/c1-9-5-7-20-13(9)10-8-11(10)14(17)16-21(18,19)12-4-2-3-6-15-12/h2-7,10-11H,8H2,1H3,(H,16,17)/t10-,11+/m0/s1. The van der Waals surface area contributed by atoms with Gasteiger partial charge < -0.3 is 0 Å². The Labute approximate surface area is 127 Å². The van der Waals surface area contributed by atoms with E-state index in [0.717, 1.165) is 5.56 Å². The molecule has 2 atom stereocenters. The van der Waals surface area contributed by atoms with Crippen molar-refractivity contribution >= 4 is 27.3 Å². The van der Waals surface area contributed by atoms with Gasteiger partial charge in [0.1, 0.15) is 0 Å². The number of hydrogen-bond donors (Lipinski definition) is 1. The zero-order valence-electron chi connectivity index (χ0n) is 11.3. The molecule has 1 aliphatic rings. The van der Waals surface area contributed by atoms with E-state index < -0.39 is 15.9 Å². The molecule has 1 amide bonds. The van der Waals surface area contributed by atoms with Gasteiger partial charge in [0.05, 0.1) is 0 Å². The van der Waals surface area contributed by atoms with Gasteiger partial charge in [-0.1, -0.05) is 6.07 Å². The van der Waals surface area contributed by atoms with Crippen LogP contribution < -0.4 is 4.72 Å². The van der Waals surface area contributed by atoms with E-state index in [-0.39, 0.29) is 16.9 Å². The molecule has 5 nitrogen and oxygen atoms in total. The summed E-state index contributed by atoms with van der Waals surface area (Å²) in [6.45, 7) is 2.00. The van der Waals surface area contributed by atoms with E-state index in [1.807, 2.05) is 18.4 Å². The highest BCUT2D eigenvalue weighted by Crippen LogP contribution is 2.50. The van der Waals surface area contributed by atoms with Crippen LogP contribution in [0.4, 0.5) is 0 Å². The molecule has 0 unspecified atom stereocenters. The monoisotopic (exact) mass is 322 g/mol. The fourth-order valence-electron chi connectivity index (χ4n) is 2.31. The van der Waals surface area contributed by atoms with Crippen molar-refractivity contribution in [3.63, 3.8) is 0 Å². The summed E-state index contributed by atoms with van der Waals surface area (Å²) >= 11 is 1.61. The van der Waals surface area contributed by atoms with Crippen molar-refractivity contribution < 1.29 is 13.2 Å². The molecule has 1 saturated carbocycles. The Morgan fingerprint density at radius 1 is 1.38 bits per heavy atom. The molecule has 0 spiro atoms. The van der Waals surface area contributed by atoms with Crippen LogP contribution in [0.2, 0.25) is 0 Å². The normalized spacial score (nSPS) is 21.0. The molecule has 110 valence electrons. The second-order valence-electron chi connectivity index (χ2n) is 5.05. The minimum Gasteiger partial charge on any atom is -0.274 e. The fraction of sp³-hybridized carbons (Fsp3) is 0.286. The number of thiophene rings is 1. The van der Waals surface area contributed by atoms with Gasteiger partial charge in [0.15, 0.2) is 5.03 Å². The van der Waals surface area contributed by atoms with Gasteiger partial charge in [0, 0.05) is 22.9 Å². The number of aromatic nitrogens is 1. The lowest BCUT2D eigenvalue weighted by atomic mass is 10.2. The topological polar surface area (TPSA) is 76.1 Å². The third kappa shape index (κ3) is 2.84. The highest BCUT2D eigenvalue weighted by molar-refractivity contribution is 7.90. The van der Waals surface area contributed by atoms with Gasteiger partial charge in [-0.05, 0) is 42.5 Å². The van der Waals surface area contributed by atoms with Crippen molar-refractivity contribution in [2.75, 3.05) is 0 Å². The van der Waals surface area contributed by atoms with E-state index in [0.29, 0.717) is 6.42 Å². The van der Waals surface area contributed by atoms with Crippen molar-refractivity contribution in [1.29, 1.82) is 0 Å². The summed E-state index contributed by atoms with van der Waals surface area (Å²) < 4.78 is 26.2. The van der Waals surface area contributed by atoms with Crippen molar-refractivity contribution in [2.24, 2.45) is 5.92 Å². The van der Waals surface area contributed by atoms with Crippen LogP contribution in [-0.2, 0) is 14.8 Å². The Balaban J connectivity index is 1.70. The zero-order chi connectivity index (χ0) is 15.0. The molecule has 1 fully saturated rings. The number of hydrogen-bond acceptors (Lipinski definition) is 5. The molecule has 2 heterocycles. The molecule has 0 radical (unpaired) electrons. The number of amides is 1. The molecule has 1 aliphatic carbocycles. The molecule has 0 aliphatic heterocycles. The Morgan fingerprint density at radius 2 is 2.19 bits per heavy atom. The molecule has 0 bridgehead atoms. The number of carbonyl (C=O) groups excluding carboxylic acids is 1. The summed E-state index contributed by atoms with van der Waals surface area (Å²) in [4.78, 5) is 17.0. The Morgan fingerprint density at radius 3 is 2.81 bits per heavy atom. The van der Waals surface area contributed by atoms with E-state index >= 15 is 0 Å². The summed E-state index contributed by atoms with van der Waals surface area (Å²) in [7, 11) is -3.87. The van der Waals surface area contributed by atoms with Crippen LogP contribution in [0.15, 0.2) is 40.9 Å². The molecule has 3 rings (SSSR count). The van der Waals surface area contributed by atoms with Crippen LogP contribution >= 0.6 is 11.3 Å². The molecular weight excluding hydrogens is 308 g/mol. The number of nitrogens with zero attached hydrogens (tertiary/aromatic N) is 1.